The summed E-state index contributed by atoms with van der Waals surface area (Å²) in [4.78, 5) is 19.8. The molecule has 0 spiro atoms. The maximum Gasteiger partial charge on any atom is 0.271 e. The third-order valence-corrected chi connectivity index (χ3v) is 10.1. The Morgan fingerprint density at radius 1 is 0.977 bits per heavy atom. The molecular weight excluding hydrogens is 792 g/mol. The largest absolute Gasteiger partial charge is 0.487 e. The van der Waals surface area contributed by atoms with Crippen molar-refractivity contribution in [2.45, 2.75) is 25.5 Å². The van der Waals surface area contributed by atoms with Gasteiger partial charge in [-0.2, -0.15) is 0 Å². The zero-order valence-corrected chi connectivity index (χ0v) is 27.6. The highest BCUT2D eigenvalue weighted by molar-refractivity contribution is 14.1. The number of aryl methyl sites for hydroxylation is 1. The number of hydrogen-bond donors (Lipinski definition) is 0. The maximum absolute atomic E-state index is 14.3. The minimum atomic E-state index is -0.393. The van der Waals surface area contributed by atoms with Crippen molar-refractivity contribution in [2.75, 3.05) is 0 Å². The molecule has 0 radical (unpaired) electrons. The van der Waals surface area contributed by atoms with E-state index in [2.05, 4.69) is 57.3 Å². The number of thiazole rings is 1. The molecule has 0 bridgehead atoms. The molecule has 1 aliphatic heterocycles. The Morgan fingerprint density at radius 2 is 1.74 bits per heavy atom. The molecule has 2 heterocycles. The average molecular weight is 814 g/mol. The summed E-state index contributed by atoms with van der Waals surface area (Å²) in [5.41, 5.74) is 6.10. The molecule has 1 aromatic heterocycles. The van der Waals surface area contributed by atoms with Gasteiger partial charge in [0.1, 0.15) is 24.0 Å². The van der Waals surface area contributed by atoms with Crippen molar-refractivity contribution in [2.24, 2.45) is 4.99 Å². The fraction of sp³-hybridized carbons (Fsp3) is 0.118. The summed E-state index contributed by atoms with van der Waals surface area (Å²) in [5.74, 6) is -0.0711. The number of fused-ring (bicyclic) bond motifs is 3. The molecule has 0 amide bonds. The SMILES string of the molecule is O=c1/c(=C\c2cc(I)cc(I)c2OCc2ccccc2F)sc2n1[C@H](c1ccc(F)cc1)C1=C(N=2)c2ccccc2CC1. The lowest BCUT2D eigenvalue weighted by molar-refractivity contribution is 0.297. The lowest BCUT2D eigenvalue weighted by Crippen LogP contribution is -2.38. The van der Waals surface area contributed by atoms with Gasteiger partial charge in [-0.05, 0) is 111 Å². The van der Waals surface area contributed by atoms with Crippen LogP contribution in [0.1, 0.15) is 40.3 Å². The van der Waals surface area contributed by atoms with E-state index in [1.807, 2.05) is 30.3 Å². The Bertz CT molecular complexity index is 2120. The molecule has 1 aliphatic carbocycles. The van der Waals surface area contributed by atoms with E-state index >= 15 is 0 Å². The van der Waals surface area contributed by atoms with Crippen LogP contribution in [0, 0.1) is 18.8 Å². The summed E-state index contributed by atoms with van der Waals surface area (Å²) in [7, 11) is 0. The predicted molar refractivity (Wildman–Crippen MR) is 182 cm³/mol. The van der Waals surface area contributed by atoms with Crippen molar-refractivity contribution >= 4 is 68.3 Å². The Hall–Kier alpha value is -3.16. The molecule has 214 valence electrons. The van der Waals surface area contributed by atoms with Crippen LogP contribution < -0.4 is 19.6 Å². The smallest absolute Gasteiger partial charge is 0.271 e. The zero-order chi connectivity index (χ0) is 29.7. The molecule has 1 atom stereocenters. The Labute approximate surface area is 277 Å². The monoisotopic (exact) mass is 814 g/mol. The van der Waals surface area contributed by atoms with E-state index in [1.165, 1.54) is 35.1 Å². The first kappa shape index (κ1) is 28.6. The molecule has 9 heteroatoms. The number of halogens is 4. The van der Waals surface area contributed by atoms with Crippen LogP contribution in [0.25, 0.3) is 11.8 Å². The molecular formula is C34H22F2I2N2O2S. The second kappa shape index (κ2) is 11.7. The van der Waals surface area contributed by atoms with Crippen molar-refractivity contribution < 1.29 is 13.5 Å². The highest BCUT2D eigenvalue weighted by Crippen LogP contribution is 2.41. The molecule has 0 fully saturated rings. The highest BCUT2D eigenvalue weighted by Gasteiger charge is 2.32. The molecule has 5 aromatic rings. The standard InChI is InChI=1S/C34H22F2I2N2O2S/c35-23-12-9-20(10-13-23)31-26-14-11-19-5-1-3-7-25(19)30(26)39-34-40(31)33(41)29(43-34)16-22-15-24(37)17-28(38)32(22)42-18-21-6-2-4-8-27(21)36/h1-10,12-13,15-17,31H,11,14,18H2/b29-16+/t31-/m1/s1. The van der Waals surface area contributed by atoms with Crippen molar-refractivity contribution in [3.05, 3.63) is 157 Å². The van der Waals surface area contributed by atoms with Gasteiger partial charge in [0.25, 0.3) is 5.56 Å². The predicted octanol–water partition coefficient (Wildman–Crippen LogP) is 7.39. The van der Waals surface area contributed by atoms with Crippen LogP contribution in [0.2, 0.25) is 0 Å². The first-order valence-corrected chi connectivity index (χ1v) is 16.6. The van der Waals surface area contributed by atoms with Gasteiger partial charge in [0.15, 0.2) is 4.80 Å². The summed E-state index contributed by atoms with van der Waals surface area (Å²) in [5, 5.41) is 0. The van der Waals surface area contributed by atoms with Crippen LogP contribution in [0.3, 0.4) is 0 Å². The van der Waals surface area contributed by atoms with Gasteiger partial charge < -0.3 is 4.74 Å². The zero-order valence-electron chi connectivity index (χ0n) is 22.5. The van der Waals surface area contributed by atoms with E-state index in [0.717, 1.165) is 47.9 Å². The van der Waals surface area contributed by atoms with Gasteiger partial charge >= 0.3 is 0 Å². The summed E-state index contributed by atoms with van der Waals surface area (Å²) in [6, 6.07) is 24.7. The highest BCUT2D eigenvalue weighted by atomic mass is 127. The summed E-state index contributed by atoms with van der Waals surface area (Å²) >= 11 is 5.77. The normalized spacial score (nSPS) is 15.9. The minimum Gasteiger partial charge on any atom is -0.487 e. The van der Waals surface area contributed by atoms with E-state index in [0.29, 0.717) is 20.6 Å². The molecule has 43 heavy (non-hydrogen) atoms. The Balaban J connectivity index is 1.39. The van der Waals surface area contributed by atoms with Gasteiger partial charge in [-0.15, -0.1) is 0 Å². The van der Waals surface area contributed by atoms with Crippen molar-refractivity contribution in [3.8, 4) is 5.75 Å². The van der Waals surface area contributed by atoms with Gasteiger partial charge in [0.05, 0.1) is 19.8 Å². The Morgan fingerprint density at radius 3 is 2.56 bits per heavy atom. The van der Waals surface area contributed by atoms with E-state index in [-0.39, 0.29) is 23.8 Å². The third-order valence-electron chi connectivity index (χ3n) is 7.71. The van der Waals surface area contributed by atoms with Gasteiger partial charge in [0, 0.05) is 20.3 Å². The third kappa shape index (κ3) is 5.40. The average Bonchev–Trinajstić information content (AvgIpc) is 3.31. The molecule has 0 saturated heterocycles. The first-order chi connectivity index (χ1) is 20.9. The maximum atomic E-state index is 14.3. The van der Waals surface area contributed by atoms with Gasteiger partial charge in [-0.1, -0.05) is 65.9 Å². The van der Waals surface area contributed by atoms with Crippen LogP contribution in [-0.4, -0.2) is 4.57 Å². The van der Waals surface area contributed by atoms with Crippen LogP contribution >= 0.6 is 56.5 Å². The molecule has 0 N–H and O–H groups in total. The van der Waals surface area contributed by atoms with Crippen LogP contribution in [-0.2, 0) is 13.0 Å². The van der Waals surface area contributed by atoms with Crippen molar-refractivity contribution in [1.29, 1.82) is 0 Å². The number of ether oxygens (including phenoxy) is 1. The van der Waals surface area contributed by atoms with E-state index < -0.39 is 6.04 Å². The number of rotatable bonds is 5. The van der Waals surface area contributed by atoms with E-state index in [1.54, 1.807) is 34.9 Å². The molecule has 4 aromatic carbocycles. The lowest BCUT2D eigenvalue weighted by Gasteiger charge is -2.30. The van der Waals surface area contributed by atoms with Crippen molar-refractivity contribution in [3.63, 3.8) is 0 Å². The van der Waals surface area contributed by atoms with Gasteiger partial charge in [-0.3, -0.25) is 9.36 Å². The van der Waals surface area contributed by atoms with Crippen LogP contribution in [0.4, 0.5) is 8.78 Å². The molecule has 4 nitrogen and oxygen atoms in total. The number of benzene rings is 4. The van der Waals surface area contributed by atoms with Crippen LogP contribution in [0.5, 0.6) is 5.75 Å². The quantitative estimate of drug-likeness (QED) is 0.174. The molecule has 7 rings (SSSR count). The number of allylic oxidation sites excluding steroid dienone is 1. The second-order valence-corrected chi connectivity index (χ2v) is 13.8. The van der Waals surface area contributed by atoms with Gasteiger partial charge in [-0.25, -0.2) is 13.8 Å². The first-order valence-electron chi connectivity index (χ1n) is 13.6. The number of hydrogen-bond acceptors (Lipinski definition) is 4. The van der Waals surface area contributed by atoms with E-state index in [4.69, 9.17) is 9.73 Å². The summed E-state index contributed by atoms with van der Waals surface area (Å²) < 4.78 is 38.6. The fourth-order valence-corrected chi connectivity index (χ4v) is 8.75. The molecule has 2 aliphatic rings. The Kier molecular flexibility index (Phi) is 7.81. The second-order valence-electron chi connectivity index (χ2n) is 10.4. The lowest BCUT2D eigenvalue weighted by atomic mass is 9.83. The minimum absolute atomic E-state index is 0.0576. The van der Waals surface area contributed by atoms with E-state index in [9.17, 15) is 13.6 Å². The summed E-state index contributed by atoms with van der Waals surface area (Å²) in [6.07, 6.45) is 3.43. The fourth-order valence-electron chi connectivity index (χ4n) is 5.71. The van der Waals surface area contributed by atoms with Crippen LogP contribution in [0.15, 0.2) is 100 Å². The topological polar surface area (TPSA) is 43.6 Å². The number of aromatic nitrogens is 1. The summed E-state index contributed by atoms with van der Waals surface area (Å²) in [6.45, 7) is 0.0576. The van der Waals surface area contributed by atoms with Crippen molar-refractivity contribution in [1.82, 2.24) is 4.57 Å². The molecule has 0 saturated carbocycles. The molecule has 0 unspecified atom stereocenters. The number of nitrogens with zero attached hydrogens (tertiary/aromatic N) is 2. The van der Waals surface area contributed by atoms with Gasteiger partial charge in [0.2, 0.25) is 0 Å².